The van der Waals surface area contributed by atoms with Crippen LogP contribution in [0.1, 0.15) is 12.0 Å². The van der Waals surface area contributed by atoms with E-state index in [4.69, 9.17) is 27.4 Å². The number of nitrogens with one attached hydrogen (secondary N) is 1. The van der Waals surface area contributed by atoms with E-state index >= 15 is 0 Å². The topological polar surface area (TPSA) is 71.5 Å². The van der Waals surface area contributed by atoms with Crippen LogP contribution in [-0.4, -0.2) is 38.8 Å². The van der Waals surface area contributed by atoms with E-state index in [1.807, 2.05) is 11.8 Å². The molecule has 144 valence electrons. The molecule has 2 aliphatic heterocycles. The zero-order chi connectivity index (χ0) is 19.2. The Morgan fingerprint density at radius 1 is 1.30 bits per heavy atom. The van der Waals surface area contributed by atoms with Gasteiger partial charge in [0.2, 0.25) is 0 Å². The highest BCUT2D eigenvalue weighted by Gasteiger charge is 2.58. The standard InChI is InChI=1S/C18H19Cl2N3O3S/c1-12-2-4-15(5-3-12)27(24,25)26-18-11-21-7-6-13(18)10-23(18)14-8-16(19)17(20)22-9-14/h2-5,8-9,13,21H,6-7,10-11H2,1H3/t13-,18-/m1/s1. The lowest BCUT2D eigenvalue weighted by Gasteiger charge is -2.60. The largest absolute Gasteiger partial charge is 0.339 e. The molecule has 0 amide bonds. The molecule has 0 spiro atoms. The summed E-state index contributed by atoms with van der Waals surface area (Å²) in [6.07, 6.45) is 2.41. The maximum Gasteiger partial charge on any atom is 0.299 e. The fourth-order valence-corrected chi connectivity index (χ4v) is 5.19. The van der Waals surface area contributed by atoms with Crippen LogP contribution in [0, 0.1) is 12.8 Å². The van der Waals surface area contributed by atoms with Crippen molar-refractivity contribution in [2.75, 3.05) is 24.5 Å². The van der Waals surface area contributed by atoms with Gasteiger partial charge < -0.3 is 10.2 Å². The van der Waals surface area contributed by atoms with Gasteiger partial charge in [-0.2, -0.15) is 8.42 Å². The lowest BCUT2D eigenvalue weighted by Crippen LogP contribution is -2.75. The number of aryl methyl sites for hydroxylation is 1. The number of fused-ring (bicyclic) bond motifs is 1. The second-order valence-corrected chi connectivity index (χ2v) is 9.25. The third-order valence-electron chi connectivity index (χ3n) is 5.20. The summed E-state index contributed by atoms with van der Waals surface area (Å²) in [4.78, 5) is 6.12. The van der Waals surface area contributed by atoms with Crippen molar-refractivity contribution in [2.24, 2.45) is 5.92 Å². The molecule has 0 aliphatic carbocycles. The van der Waals surface area contributed by atoms with Crippen LogP contribution in [0.5, 0.6) is 0 Å². The Hall–Kier alpha value is -1.38. The molecule has 4 rings (SSSR count). The normalized spacial score (nSPS) is 25.0. The van der Waals surface area contributed by atoms with E-state index in [-0.39, 0.29) is 16.0 Å². The van der Waals surface area contributed by atoms with E-state index in [0.717, 1.165) is 18.5 Å². The fraction of sp³-hybridized carbons (Fsp3) is 0.389. The van der Waals surface area contributed by atoms with Crippen molar-refractivity contribution in [3.05, 3.63) is 52.3 Å². The van der Waals surface area contributed by atoms with E-state index in [1.54, 1.807) is 36.5 Å². The number of rotatable bonds is 4. The molecule has 1 aromatic carbocycles. The molecule has 2 aliphatic rings. The van der Waals surface area contributed by atoms with Gasteiger partial charge in [0.25, 0.3) is 10.1 Å². The molecule has 0 bridgehead atoms. The van der Waals surface area contributed by atoms with Crippen LogP contribution in [0.3, 0.4) is 0 Å². The molecule has 3 heterocycles. The minimum Gasteiger partial charge on any atom is -0.339 e. The number of pyridine rings is 1. The molecule has 0 radical (unpaired) electrons. The molecule has 6 nitrogen and oxygen atoms in total. The molecule has 2 saturated heterocycles. The molecule has 0 saturated carbocycles. The highest BCUT2D eigenvalue weighted by Crippen LogP contribution is 2.46. The Morgan fingerprint density at radius 2 is 2.04 bits per heavy atom. The SMILES string of the molecule is Cc1ccc(S(=O)(=O)O[C@]23CNCC[C@@H]2CN3c2cnc(Cl)c(Cl)c2)cc1. The van der Waals surface area contributed by atoms with Crippen LogP contribution < -0.4 is 10.2 Å². The van der Waals surface area contributed by atoms with E-state index in [1.165, 1.54) is 0 Å². The van der Waals surface area contributed by atoms with Crippen molar-refractivity contribution >= 4 is 39.0 Å². The molecular weight excluding hydrogens is 409 g/mol. The Kier molecular flexibility index (Phi) is 4.84. The Labute approximate surface area is 168 Å². The zero-order valence-electron chi connectivity index (χ0n) is 14.7. The summed E-state index contributed by atoms with van der Waals surface area (Å²) in [6.45, 7) is 3.80. The van der Waals surface area contributed by atoms with Gasteiger partial charge in [-0.3, -0.25) is 0 Å². The van der Waals surface area contributed by atoms with Gasteiger partial charge in [0.1, 0.15) is 5.15 Å². The van der Waals surface area contributed by atoms with Crippen molar-refractivity contribution in [3.8, 4) is 0 Å². The first-order valence-electron chi connectivity index (χ1n) is 8.63. The van der Waals surface area contributed by atoms with E-state index < -0.39 is 15.8 Å². The minimum absolute atomic E-state index is 0.0911. The first-order valence-corrected chi connectivity index (χ1v) is 10.8. The molecule has 1 aromatic heterocycles. The van der Waals surface area contributed by atoms with Crippen molar-refractivity contribution in [1.29, 1.82) is 0 Å². The smallest absolute Gasteiger partial charge is 0.299 e. The number of benzene rings is 1. The molecular formula is C18H19Cl2N3O3S. The van der Waals surface area contributed by atoms with Crippen molar-refractivity contribution in [1.82, 2.24) is 10.3 Å². The minimum atomic E-state index is -3.94. The number of hydrogen-bond acceptors (Lipinski definition) is 6. The first-order chi connectivity index (χ1) is 12.8. The molecule has 2 aromatic rings. The maximum absolute atomic E-state index is 13.0. The van der Waals surface area contributed by atoms with Crippen molar-refractivity contribution < 1.29 is 12.6 Å². The van der Waals surface area contributed by atoms with E-state index in [2.05, 4.69) is 10.3 Å². The monoisotopic (exact) mass is 427 g/mol. The molecule has 1 N–H and O–H groups in total. The Bertz CT molecular complexity index is 968. The highest BCUT2D eigenvalue weighted by molar-refractivity contribution is 7.86. The van der Waals surface area contributed by atoms with Crippen LogP contribution >= 0.6 is 23.2 Å². The summed E-state index contributed by atoms with van der Waals surface area (Å²) in [5.41, 5.74) is 0.667. The van der Waals surface area contributed by atoms with E-state index in [0.29, 0.717) is 23.8 Å². The predicted octanol–water partition coefficient (Wildman–Crippen LogP) is 3.23. The van der Waals surface area contributed by atoms with Gasteiger partial charge in [0.15, 0.2) is 5.72 Å². The van der Waals surface area contributed by atoms with Crippen LogP contribution in [-0.2, 0) is 14.3 Å². The molecule has 2 atom stereocenters. The number of piperidine rings is 1. The molecule has 0 unspecified atom stereocenters. The summed E-state index contributed by atoms with van der Waals surface area (Å²) in [5.74, 6) is 0.0911. The fourth-order valence-electron chi connectivity index (χ4n) is 3.69. The number of aromatic nitrogens is 1. The number of halogens is 2. The molecule has 2 fully saturated rings. The summed E-state index contributed by atoms with van der Waals surface area (Å²) >= 11 is 12.0. The highest BCUT2D eigenvalue weighted by atomic mass is 35.5. The third-order valence-corrected chi connectivity index (χ3v) is 7.25. The molecule has 9 heteroatoms. The zero-order valence-corrected chi connectivity index (χ0v) is 17.0. The van der Waals surface area contributed by atoms with Gasteiger partial charge in [-0.05, 0) is 38.1 Å². The van der Waals surface area contributed by atoms with Crippen molar-refractivity contribution in [2.45, 2.75) is 24.0 Å². The number of hydrogen-bond donors (Lipinski definition) is 1. The first kappa shape index (κ1) is 19.0. The number of nitrogens with zero attached hydrogens (tertiary/aromatic N) is 2. The lowest BCUT2D eigenvalue weighted by atomic mass is 9.79. The third kappa shape index (κ3) is 3.32. The van der Waals surface area contributed by atoms with Crippen LogP contribution in [0.4, 0.5) is 5.69 Å². The van der Waals surface area contributed by atoms with Gasteiger partial charge in [0.05, 0.1) is 21.8 Å². The lowest BCUT2D eigenvalue weighted by molar-refractivity contribution is -0.0617. The van der Waals surface area contributed by atoms with E-state index in [9.17, 15) is 8.42 Å². The summed E-state index contributed by atoms with van der Waals surface area (Å²) in [5, 5.41) is 3.78. The molecule has 27 heavy (non-hydrogen) atoms. The van der Waals surface area contributed by atoms with Gasteiger partial charge in [-0.15, -0.1) is 0 Å². The van der Waals surface area contributed by atoms with Gasteiger partial charge in [-0.25, -0.2) is 9.17 Å². The average molecular weight is 428 g/mol. The second-order valence-electron chi connectivity index (χ2n) is 6.93. The average Bonchev–Trinajstić information content (AvgIpc) is 2.61. The Balaban J connectivity index is 1.69. The van der Waals surface area contributed by atoms with Crippen LogP contribution in [0.2, 0.25) is 10.2 Å². The van der Waals surface area contributed by atoms with Crippen LogP contribution in [0.25, 0.3) is 0 Å². The summed E-state index contributed by atoms with van der Waals surface area (Å²) in [7, 11) is -3.94. The Morgan fingerprint density at radius 3 is 2.70 bits per heavy atom. The summed E-state index contributed by atoms with van der Waals surface area (Å²) in [6, 6.07) is 8.33. The van der Waals surface area contributed by atoms with Gasteiger partial charge in [-0.1, -0.05) is 40.9 Å². The van der Waals surface area contributed by atoms with Gasteiger partial charge >= 0.3 is 0 Å². The predicted molar refractivity (Wildman–Crippen MR) is 105 cm³/mol. The van der Waals surface area contributed by atoms with Crippen molar-refractivity contribution in [3.63, 3.8) is 0 Å². The maximum atomic E-state index is 13.0. The second kappa shape index (κ2) is 6.90. The summed E-state index contributed by atoms with van der Waals surface area (Å²) < 4.78 is 31.8. The quantitative estimate of drug-likeness (QED) is 0.596. The van der Waals surface area contributed by atoms with Crippen LogP contribution in [0.15, 0.2) is 41.4 Å². The van der Waals surface area contributed by atoms with Gasteiger partial charge in [0, 0.05) is 19.0 Å². The number of anilines is 1.